The van der Waals surface area contributed by atoms with Gasteiger partial charge in [0, 0.05) is 22.0 Å². The third kappa shape index (κ3) is 5.20. The predicted octanol–water partition coefficient (Wildman–Crippen LogP) is 4.10. The van der Waals surface area contributed by atoms with Crippen molar-refractivity contribution < 1.29 is 22.8 Å². The molecule has 11 heteroatoms. The van der Waals surface area contributed by atoms with Gasteiger partial charge >= 0.3 is 0 Å². The van der Waals surface area contributed by atoms with Crippen LogP contribution >= 0.6 is 15.9 Å². The van der Waals surface area contributed by atoms with Gasteiger partial charge in [0.2, 0.25) is 5.91 Å². The first-order valence-corrected chi connectivity index (χ1v) is 14.4. The number of halogens is 1. The predicted molar refractivity (Wildman–Crippen MR) is 146 cm³/mol. The Balaban J connectivity index is 1.44. The van der Waals surface area contributed by atoms with E-state index < -0.39 is 33.6 Å². The molecule has 0 radical (unpaired) electrons. The maximum atomic E-state index is 13.5. The van der Waals surface area contributed by atoms with Crippen molar-refractivity contribution in [3.8, 4) is 11.3 Å². The van der Waals surface area contributed by atoms with Crippen molar-refractivity contribution in [2.45, 2.75) is 12.5 Å². The highest BCUT2D eigenvalue weighted by molar-refractivity contribution is 9.10. The van der Waals surface area contributed by atoms with E-state index in [1.807, 2.05) is 30.3 Å². The Morgan fingerprint density at radius 3 is 2.47 bits per heavy atom. The number of carbonyl (C=O) groups excluding carboxylic acids is 3. The first-order valence-electron chi connectivity index (χ1n) is 11.6. The molecule has 1 N–H and O–H groups in total. The van der Waals surface area contributed by atoms with Crippen molar-refractivity contribution in [2.75, 3.05) is 17.3 Å². The molecule has 0 spiro atoms. The molecule has 0 bridgehead atoms. The zero-order valence-electron chi connectivity index (χ0n) is 20.1. The van der Waals surface area contributed by atoms with Crippen LogP contribution in [0.15, 0.2) is 77.4 Å². The molecule has 2 heterocycles. The molecule has 3 aromatic carbocycles. The lowest BCUT2D eigenvalue weighted by Crippen LogP contribution is -2.48. The lowest BCUT2D eigenvalue weighted by atomic mass is 10.1. The number of anilines is 1. The van der Waals surface area contributed by atoms with Gasteiger partial charge < -0.3 is 5.32 Å². The number of carbonyl (C=O) groups is 3. The number of imide groups is 1. The molecular weight excluding hydrogens is 572 g/mol. The summed E-state index contributed by atoms with van der Waals surface area (Å²) in [6, 6.07) is 17.7. The van der Waals surface area contributed by atoms with E-state index in [0.717, 1.165) is 22.2 Å². The summed E-state index contributed by atoms with van der Waals surface area (Å²) in [5, 5.41) is 2.74. The molecule has 4 aromatic rings. The number of hydrogen-bond acceptors (Lipinski definition) is 7. The number of sulfone groups is 1. The largest absolute Gasteiger partial charge is 0.324 e. The number of para-hydroxylation sites is 2. The molecule has 0 fully saturated rings. The molecule has 3 amide bonds. The minimum atomic E-state index is -3.48. The van der Waals surface area contributed by atoms with E-state index in [1.54, 1.807) is 30.5 Å². The number of nitrogens with zero attached hydrogens (tertiary/aromatic N) is 3. The summed E-state index contributed by atoms with van der Waals surface area (Å²) in [5.41, 5.74) is 3.47. The van der Waals surface area contributed by atoms with Gasteiger partial charge in [0.25, 0.3) is 11.8 Å². The van der Waals surface area contributed by atoms with Crippen molar-refractivity contribution in [1.82, 2.24) is 14.9 Å². The molecule has 0 saturated heterocycles. The van der Waals surface area contributed by atoms with Crippen LogP contribution in [0.5, 0.6) is 0 Å². The molecule has 1 atom stereocenters. The Bertz CT molecular complexity index is 1720. The van der Waals surface area contributed by atoms with Gasteiger partial charge in [0.05, 0.1) is 39.8 Å². The topological polar surface area (TPSA) is 126 Å². The van der Waals surface area contributed by atoms with E-state index in [-0.39, 0.29) is 23.3 Å². The van der Waals surface area contributed by atoms with E-state index in [9.17, 15) is 22.8 Å². The van der Waals surface area contributed by atoms with E-state index in [1.165, 1.54) is 12.1 Å². The minimum absolute atomic E-state index is 0.151. The number of rotatable bonds is 7. The maximum absolute atomic E-state index is 13.5. The van der Waals surface area contributed by atoms with Crippen molar-refractivity contribution in [1.29, 1.82) is 0 Å². The van der Waals surface area contributed by atoms with Crippen LogP contribution in [0.4, 0.5) is 5.69 Å². The Labute approximate surface area is 227 Å². The van der Waals surface area contributed by atoms with Crippen LogP contribution in [0.25, 0.3) is 22.3 Å². The number of fused-ring (bicyclic) bond motifs is 2. The summed E-state index contributed by atoms with van der Waals surface area (Å²) in [4.78, 5) is 49.7. The van der Waals surface area contributed by atoms with Crippen LogP contribution in [0.1, 0.15) is 27.1 Å². The second kappa shape index (κ2) is 10.1. The Morgan fingerprint density at radius 2 is 1.71 bits per heavy atom. The molecule has 38 heavy (non-hydrogen) atoms. The lowest BCUT2D eigenvalue weighted by Gasteiger charge is -2.25. The summed E-state index contributed by atoms with van der Waals surface area (Å²) >= 11 is 3.29. The maximum Gasteiger partial charge on any atom is 0.262 e. The third-order valence-electron chi connectivity index (χ3n) is 6.13. The zero-order chi connectivity index (χ0) is 27.0. The highest BCUT2D eigenvalue weighted by Gasteiger charge is 2.43. The van der Waals surface area contributed by atoms with Crippen molar-refractivity contribution in [3.05, 3.63) is 88.5 Å². The van der Waals surface area contributed by atoms with Crippen LogP contribution in [-0.2, 0) is 14.6 Å². The Morgan fingerprint density at radius 1 is 0.974 bits per heavy atom. The summed E-state index contributed by atoms with van der Waals surface area (Å²) in [7, 11) is -3.48. The number of aromatic nitrogens is 2. The molecule has 0 aliphatic carbocycles. The molecular formula is C27H21BrN4O5S. The molecule has 9 nitrogen and oxygen atoms in total. The number of nitrogens with one attached hydrogen (secondary N) is 1. The highest BCUT2D eigenvalue weighted by Crippen LogP contribution is 2.29. The molecule has 0 unspecified atom stereocenters. The summed E-state index contributed by atoms with van der Waals surface area (Å²) < 4.78 is 24.4. The summed E-state index contributed by atoms with van der Waals surface area (Å²) in [6.07, 6.45) is 2.43. The Hall–Kier alpha value is -3.96. The van der Waals surface area contributed by atoms with Gasteiger partial charge in [0.1, 0.15) is 15.9 Å². The quantitative estimate of drug-likeness (QED) is 0.320. The second-order valence-corrected chi connectivity index (χ2v) is 12.1. The number of benzene rings is 3. The lowest BCUT2D eigenvalue weighted by molar-refractivity contribution is -0.120. The molecule has 0 saturated carbocycles. The molecule has 5 rings (SSSR count). The van der Waals surface area contributed by atoms with E-state index in [0.29, 0.717) is 21.4 Å². The fourth-order valence-corrected chi connectivity index (χ4v) is 5.31. The van der Waals surface area contributed by atoms with Crippen molar-refractivity contribution >= 4 is 60.2 Å². The standard InChI is InChI=1S/C27H21BrN4O5S/c1-38(36,37)12-11-24(32-26(34)19-10-9-17(28)14-20(19)27(32)35)25(33)30-18-6-4-5-16(13-18)23-15-29-21-7-2-3-8-22(21)31-23/h2-10,13-15,24H,11-12H2,1H3,(H,30,33)/t24-/m1/s1. The van der Waals surface area contributed by atoms with Crippen LogP contribution in [0.3, 0.4) is 0 Å². The average Bonchev–Trinajstić information content (AvgIpc) is 3.12. The summed E-state index contributed by atoms with van der Waals surface area (Å²) in [6.45, 7) is 0. The molecule has 1 aliphatic rings. The first-order chi connectivity index (χ1) is 18.1. The average molecular weight is 593 g/mol. The van der Waals surface area contributed by atoms with Gasteiger partial charge in [-0.3, -0.25) is 24.3 Å². The van der Waals surface area contributed by atoms with E-state index in [2.05, 4.69) is 31.2 Å². The van der Waals surface area contributed by atoms with Gasteiger partial charge in [-0.25, -0.2) is 13.4 Å². The summed E-state index contributed by atoms with van der Waals surface area (Å²) in [5.74, 6) is -2.36. The fraction of sp³-hybridized carbons (Fsp3) is 0.148. The first kappa shape index (κ1) is 25.7. The number of hydrogen-bond donors (Lipinski definition) is 1. The van der Waals surface area contributed by atoms with Gasteiger partial charge in [0.15, 0.2) is 0 Å². The van der Waals surface area contributed by atoms with E-state index in [4.69, 9.17) is 0 Å². The van der Waals surface area contributed by atoms with Gasteiger partial charge in [-0.05, 0) is 48.9 Å². The highest BCUT2D eigenvalue weighted by atomic mass is 79.9. The Kier molecular flexibility index (Phi) is 6.80. The van der Waals surface area contributed by atoms with Crippen molar-refractivity contribution in [3.63, 3.8) is 0 Å². The molecule has 1 aliphatic heterocycles. The molecule has 192 valence electrons. The van der Waals surface area contributed by atoms with Crippen molar-refractivity contribution in [2.24, 2.45) is 0 Å². The van der Waals surface area contributed by atoms with Crippen LogP contribution in [0.2, 0.25) is 0 Å². The van der Waals surface area contributed by atoms with E-state index >= 15 is 0 Å². The second-order valence-electron chi connectivity index (χ2n) is 8.92. The normalized spacial score (nSPS) is 14.0. The van der Waals surface area contributed by atoms with Crippen LogP contribution in [0, 0.1) is 0 Å². The SMILES string of the molecule is CS(=O)(=O)CC[C@H](C(=O)Nc1cccc(-c2cnc3ccccc3n2)c1)N1C(=O)c2ccc(Br)cc2C1=O. The fourth-order valence-electron chi connectivity index (χ4n) is 4.30. The van der Waals surface area contributed by atoms with Gasteiger partial charge in [-0.2, -0.15) is 0 Å². The monoisotopic (exact) mass is 592 g/mol. The molecule has 1 aromatic heterocycles. The van der Waals surface area contributed by atoms with Crippen LogP contribution in [-0.4, -0.2) is 59.1 Å². The van der Waals surface area contributed by atoms with Gasteiger partial charge in [-0.1, -0.05) is 40.2 Å². The third-order valence-corrected chi connectivity index (χ3v) is 7.60. The smallest absolute Gasteiger partial charge is 0.262 e. The van der Waals surface area contributed by atoms with Crippen LogP contribution < -0.4 is 5.32 Å². The van der Waals surface area contributed by atoms with Gasteiger partial charge in [-0.15, -0.1) is 0 Å². The number of amides is 3. The minimum Gasteiger partial charge on any atom is -0.324 e. The zero-order valence-corrected chi connectivity index (χ0v) is 22.5.